The van der Waals surface area contributed by atoms with Crippen molar-refractivity contribution in [3.8, 4) is 5.75 Å². The van der Waals surface area contributed by atoms with Crippen LogP contribution in [0.5, 0.6) is 5.75 Å². The number of nitrogens with one attached hydrogen (secondary N) is 1. The van der Waals surface area contributed by atoms with Gasteiger partial charge >= 0.3 is 6.36 Å². The number of benzene rings is 1. The molecule has 2 bridgehead atoms. The molecule has 0 spiro atoms. The first-order valence-corrected chi connectivity index (χ1v) is 6.77. The van der Waals surface area contributed by atoms with Crippen LogP contribution in [0.1, 0.15) is 12.8 Å². The van der Waals surface area contributed by atoms with Crippen LogP contribution in [0.25, 0.3) is 0 Å². The predicted molar refractivity (Wildman–Crippen MR) is 70.5 cm³/mol. The molecular weight excluding hydrogens is 267 g/mol. The Morgan fingerprint density at radius 3 is 2.70 bits per heavy atom. The Bertz CT molecular complexity index is 512. The van der Waals surface area contributed by atoms with Crippen LogP contribution in [0.2, 0.25) is 0 Å². The van der Waals surface area contributed by atoms with Crippen molar-refractivity contribution in [1.82, 2.24) is 0 Å². The summed E-state index contributed by atoms with van der Waals surface area (Å²) in [6.45, 7) is 0.793. The molecule has 1 N–H and O–H groups in total. The summed E-state index contributed by atoms with van der Waals surface area (Å²) in [5.74, 6) is 1.72. The molecule has 0 aromatic heterocycles. The Morgan fingerprint density at radius 2 is 2.05 bits per heavy atom. The van der Waals surface area contributed by atoms with E-state index in [0.717, 1.165) is 6.54 Å². The molecule has 108 valence electrons. The Morgan fingerprint density at radius 1 is 1.20 bits per heavy atom. The standard InChI is InChI=1S/C15H16F3NO/c16-15(17,18)20-14-3-1-2-13(8-14)19-9-12-7-10-4-5-11(12)6-10/h1-5,8,10-12,19H,6-7,9H2. The summed E-state index contributed by atoms with van der Waals surface area (Å²) in [4.78, 5) is 0. The normalized spacial score (nSPS) is 27.9. The van der Waals surface area contributed by atoms with Crippen LogP contribution in [0.4, 0.5) is 18.9 Å². The van der Waals surface area contributed by atoms with Crippen molar-refractivity contribution < 1.29 is 17.9 Å². The highest BCUT2D eigenvalue weighted by Crippen LogP contribution is 2.43. The van der Waals surface area contributed by atoms with Gasteiger partial charge in [-0.1, -0.05) is 18.2 Å². The number of rotatable bonds is 4. The quantitative estimate of drug-likeness (QED) is 0.836. The van der Waals surface area contributed by atoms with Crippen LogP contribution in [0.3, 0.4) is 0 Å². The maximum Gasteiger partial charge on any atom is 0.573 e. The maximum absolute atomic E-state index is 12.2. The van der Waals surface area contributed by atoms with Crippen LogP contribution in [0.15, 0.2) is 36.4 Å². The summed E-state index contributed by atoms with van der Waals surface area (Å²) in [6.07, 6.45) is 2.30. The van der Waals surface area contributed by atoms with Gasteiger partial charge in [0.15, 0.2) is 0 Å². The van der Waals surface area contributed by atoms with Crippen LogP contribution >= 0.6 is 0 Å². The minimum absolute atomic E-state index is 0.185. The molecule has 0 saturated heterocycles. The van der Waals surface area contributed by atoms with Crippen molar-refractivity contribution in [2.24, 2.45) is 17.8 Å². The van der Waals surface area contributed by atoms with Gasteiger partial charge in [0.2, 0.25) is 0 Å². The number of fused-ring (bicyclic) bond motifs is 2. The summed E-state index contributed by atoms with van der Waals surface area (Å²) >= 11 is 0. The number of alkyl halides is 3. The minimum atomic E-state index is -4.64. The van der Waals surface area contributed by atoms with E-state index >= 15 is 0 Å². The molecule has 2 nitrogen and oxygen atoms in total. The van der Waals surface area contributed by atoms with Crippen molar-refractivity contribution in [2.75, 3.05) is 11.9 Å². The Balaban J connectivity index is 1.58. The highest BCUT2D eigenvalue weighted by Gasteiger charge is 2.35. The lowest BCUT2D eigenvalue weighted by molar-refractivity contribution is -0.274. The maximum atomic E-state index is 12.2. The summed E-state index contributed by atoms with van der Waals surface area (Å²) in [5.41, 5.74) is 0.665. The van der Waals surface area contributed by atoms with Gasteiger partial charge in [-0.25, -0.2) is 0 Å². The van der Waals surface area contributed by atoms with Crippen LogP contribution in [0, 0.1) is 17.8 Å². The smallest absolute Gasteiger partial charge is 0.406 e. The number of ether oxygens (including phenoxy) is 1. The zero-order valence-corrected chi connectivity index (χ0v) is 10.9. The molecule has 2 aliphatic carbocycles. The second-order valence-corrected chi connectivity index (χ2v) is 5.50. The van der Waals surface area contributed by atoms with Gasteiger partial charge in [0.25, 0.3) is 0 Å². The second kappa shape index (κ2) is 5.04. The van der Waals surface area contributed by atoms with Crippen LogP contribution in [-0.4, -0.2) is 12.9 Å². The highest BCUT2D eigenvalue weighted by molar-refractivity contribution is 5.48. The SMILES string of the molecule is FC(F)(F)Oc1cccc(NCC2CC3C=CC2C3)c1. The van der Waals surface area contributed by atoms with Gasteiger partial charge in [-0.3, -0.25) is 0 Å². The Kier molecular flexibility index (Phi) is 3.36. The highest BCUT2D eigenvalue weighted by atomic mass is 19.4. The fourth-order valence-electron chi connectivity index (χ4n) is 3.18. The average molecular weight is 283 g/mol. The zero-order chi connectivity index (χ0) is 14.2. The topological polar surface area (TPSA) is 21.3 Å². The van der Waals surface area contributed by atoms with Gasteiger partial charge in [0, 0.05) is 18.3 Å². The summed E-state index contributed by atoms with van der Waals surface area (Å²) in [7, 11) is 0. The lowest BCUT2D eigenvalue weighted by atomic mass is 9.93. The van der Waals surface area contributed by atoms with Crippen molar-refractivity contribution in [3.05, 3.63) is 36.4 Å². The summed E-state index contributed by atoms with van der Waals surface area (Å²) < 4.78 is 40.4. The van der Waals surface area contributed by atoms with Crippen molar-refractivity contribution in [2.45, 2.75) is 19.2 Å². The van der Waals surface area contributed by atoms with Gasteiger partial charge in [-0.15, -0.1) is 13.2 Å². The minimum Gasteiger partial charge on any atom is -0.406 e. The fourth-order valence-corrected chi connectivity index (χ4v) is 3.18. The second-order valence-electron chi connectivity index (χ2n) is 5.50. The van der Waals surface area contributed by atoms with Crippen molar-refractivity contribution in [3.63, 3.8) is 0 Å². The van der Waals surface area contributed by atoms with Gasteiger partial charge < -0.3 is 10.1 Å². The van der Waals surface area contributed by atoms with Crippen LogP contribution in [-0.2, 0) is 0 Å². The first-order chi connectivity index (χ1) is 9.49. The largest absolute Gasteiger partial charge is 0.573 e. The van der Waals surface area contributed by atoms with Crippen LogP contribution < -0.4 is 10.1 Å². The Labute approximate surface area is 115 Å². The number of anilines is 1. The molecule has 5 heteroatoms. The number of hydrogen-bond donors (Lipinski definition) is 1. The predicted octanol–water partition coefficient (Wildman–Crippen LogP) is 4.21. The number of halogens is 3. The Hall–Kier alpha value is -1.65. The fraction of sp³-hybridized carbons (Fsp3) is 0.467. The van der Waals surface area contributed by atoms with E-state index in [1.54, 1.807) is 12.1 Å². The molecule has 1 fully saturated rings. The lowest BCUT2D eigenvalue weighted by Crippen LogP contribution is -2.19. The summed E-state index contributed by atoms with van der Waals surface area (Å²) in [5, 5.41) is 3.22. The van der Waals surface area contributed by atoms with E-state index in [2.05, 4.69) is 22.2 Å². The van der Waals surface area contributed by atoms with Gasteiger partial charge in [-0.05, 0) is 42.7 Å². The van der Waals surface area contributed by atoms with E-state index in [-0.39, 0.29) is 5.75 Å². The van der Waals surface area contributed by atoms with E-state index in [9.17, 15) is 13.2 Å². The molecule has 3 unspecified atom stereocenters. The molecule has 20 heavy (non-hydrogen) atoms. The summed E-state index contributed by atoms with van der Waals surface area (Å²) in [6, 6.07) is 6.01. The lowest BCUT2D eigenvalue weighted by Gasteiger charge is -2.19. The third kappa shape index (κ3) is 3.08. The molecule has 3 atom stereocenters. The van der Waals surface area contributed by atoms with E-state index < -0.39 is 6.36 Å². The molecule has 0 aliphatic heterocycles. The number of hydrogen-bond acceptors (Lipinski definition) is 2. The van der Waals surface area contributed by atoms with Crippen molar-refractivity contribution in [1.29, 1.82) is 0 Å². The first kappa shape index (κ1) is 13.3. The van der Waals surface area contributed by atoms with E-state index in [1.807, 2.05) is 0 Å². The first-order valence-electron chi connectivity index (χ1n) is 6.77. The molecule has 0 heterocycles. The van der Waals surface area contributed by atoms with Gasteiger partial charge in [0.1, 0.15) is 5.75 Å². The molecule has 1 aromatic carbocycles. The third-order valence-electron chi connectivity index (χ3n) is 4.05. The molecule has 0 amide bonds. The monoisotopic (exact) mass is 283 g/mol. The third-order valence-corrected chi connectivity index (χ3v) is 4.05. The van der Waals surface area contributed by atoms with E-state index in [0.29, 0.717) is 23.4 Å². The van der Waals surface area contributed by atoms with Crippen molar-refractivity contribution >= 4 is 5.69 Å². The van der Waals surface area contributed by atoms with E-state index in [1.165, 1.54) is 25.0 Å². The molecule has 0 radical (unpaired) electrons. The molecule has 1 aromatic rings. The molecule has 1 saturated carbocycles. The van der Waals surface area contributed by atoms with Gasteiger partial charge in [-0.2, -0.15) is 0 Å². The average Bonchev–Trinajstić information content (AvgIpc) is 2.97. The number of allylic oxidation sites excluding steroid dienone is 2. The molecule has 3 rings (SSSR count). The van der Waals surface area contributed by atoms with Gasteiger partial charge in [0.05, 0.1) is 0 Å². The molecule has 2 aliphatic rings. The zero-order valence-electron chi connectivity index (χ0n) is 10.9. The van der Waals surface area contributed by atoms with E-state index in [4.69, 9.17) is 0 Å². The molecular formula is C15H16F3NO.